The first kappa shape index (κ1) is 16.6. The molecule has 0 saturated heterocycles. The molecule has 0 spiro atoms. The maximum atomic E-state index is 4.89. The minimum atomic E-state index is 0.511. The third-order valence-corrected chi connectivity index (χ3v) is 5.08. The van der Waals surface area contributed by atoms with E-state index in [1.165, 1.54) is 5.56 Å². The number of rotatable bonds is 5. The van der Waals surface area contributed by atoms with Gasteiger partial charge in [-0.05, 0) is 23.6 Å². The molecule has 0 bridgehead atoms. The quantitative estimate of drug-likeness (QED) is 0.655. The van der Waals surface area contributed by atoms with Crippen molar-refractivity contribution in [2.45, 2.75) is 68.0 Å². The van der Waals surface area contributed by atoms with Crippen molar-refractivity contribution in [3.05, 3.63) is 23.8 Å². The van der Waals surface area contributed by atoms with Gasteiger partial charge in [-0.1, -0.05) is 47.6 Å². The summed E-state index contributed by atoms with van der Waals surface area (Å²) in [7, 11) is 0. The smallest absolute Gasteiger partial charge is 0.129 e. The van der Waals surface area contributed by atoms with Crippen LogP contribution < -0.4 is 0 Å². The molecule has 0 unspecified atom stereocenters. The fourth-order valence-electron chi connectivity index (χ4n) is 2.00. The highest BCUT2D eigenvalue weighted by atomic mass is 32.2. The topological polar surface area (TPSA) is 25.8 Å². The molecular formula is C17H24N2S2. The standard InChI is InChI=1S/C17H24N2S2/c1-10(2)13-7-8-14-15(9-13)19-17(21-12(5)6)16(18-14)20-11(3)4/h7-12H,1-6H3. The molecule has 2 aromatic rings. The van der Waals surface area contributed by atoms with Crippen LogP contribution in [-0.4, -0.2) is 20.5 Å². The lowest BCUT2D eigenvalue weighted by Crippen LogP contribution is -1.99. The lowest BCUT2D eigenvalue weighted by atomic mass is 10.0. The van der Waals surface area contributed by atoms with E-state index in [-0.39, 0.29) is 0 Å². The highest BCUT2D eigenvalue weighted by Gasteiger charge is 2.14. The zero-order chi connectivity index (χ0) is 15.6. The number of benzene rings is 1. The Hall–Kier alpha value is -0.740. The molecule has 0 fully saturated rings. The Balaban J connectivity index is 2.53. The van der Waals surface area contributed by atoms with Crippen molar-refractivity contribution in [1.29, 1.82) is 0 Å². The van der Waals surface area contributed by atoms with E-state index in [1.807, 2.05) is 0 Å². The first-order chi connectivity index (χ1) is 9.86. The summed E-state index contributed by atoms with van der Waals surface area (Å²) in [5.41, 5.74) is 3.33. The molecule has 0 saturated carbocycles. The van der Waals surface area contributed by atoms with Gasteiger partial charge in [-0.2, -0.15) is 0 Å². The van der Waals surface area contributed by atoms with Crippen LogP contribution in [-0.2, 0) is 0 Å². The van der Waals surface area contributed by atoms with Gasteiger partial charge in [0.25, 0.3) is 0 Å². The van der Waals surface area contributed by atoms with Gasteiger partial charge in [0, 0.05) is 10.5 Å². The van der Waals surface area contributed by atoms with Crippen LogP contribution in [0.5, 0.6) is 0 Å². The molecule has 2 nitrogen and oxygen atoms in total. The summed E-state index contributed by atoms with van der Waals surface area (Å²) in [6.45, 7) is 13.2. The minimum Gasteiger partial charge on any atom is -0.237 e. The van der Waals surface area contributed by atoms with Crippen molar-refractivity contribution < 1.29 is 0 Å². The van der Waals surface area contributed by atoms with Gasteiger partial charge in [0.2, 0.25) is 0 Å². The SMILES string of the molecule is CC(C)Sc1nc2ccc(C(C)C)cc2nc1SC(C)C. The third-order valence-electron chi connectivity index (χ3n) is 2.99. The van der Waals surface area contributed by atoms with E-state index >= 15 is 0 Å². The molecule has 4 heteroatoms. The summed E-state index contributed by atoms with van der Waals surface area (Å²) in [6, 6.07) is 6.45. The number of aromatic nitrogens is 2. The monoisotopic (exact) mass is 320 g/mol. The first-order valence-corrected chi connectivity index (χ1v) is 9.27. The van der Waals surface area contributed by atoms with E-state index in [4.69, 9.17) is 9.97 Å². The second-order valence-electron chi connectivity index (χ2n) is 6.07. The van der Waals surface area contributed by atoms with Crippen molar-refractivity contribution in [2.24, 2.45) is 0 Å². The van der Waals surface area contributed by atoms with Gasteiger partial charge in [-0.3, -0.25) is 0 Å². The maximum absolute atomic E-state index is 4.89. The van der Waals surface area contributed by atoms with Gasteiger partial charge in [0.1, 0.15) is 10.1 Å². The van der Waals surface area contributed by atoms with Gasteiger partial charge >= 0.3 is 0 Å². The molecule has 114 valence electrons. The van der Waals surface area contributed by atoms with E-state index < -0.39 is 0 Å². The van der Waals surface area contributed by atoms with Gasteiger partial charge in [0.15, 0.2) is 0 Å². The average molecular weight is 321 g/mol. The number of fused-ring (bicyclic) bond motifs is 1. The summed E-state index contributed by atoms with van der Waals surface area (Å²) in [4.78, 5) is 9.74. The third kappa shape index (κ3) is 4.36. The van der Waals surface area contributed by atoms with Gasteiger partial charge in [0.05, 0.1) is 11.0 Å². The van der Waals surface area contributed by atoms with E-state index in [0.29, 0.717) is 16.4 Å². The summed E-state index contributed by atoms with van der Waals surface area (Å²) in [5, 5.41) is 3.15. The number of hydrogen-bond acceptors (Lipinski definition) is 4. The molecule has 0 amide bonds. The van der Waals surface area contributed by atoms with Crippen molar-refractivity contribution in [2.75, 3.05) is 0 Å². The highest BCUT2D eigenvalue weighted by Crippen LogP contribution is 2.34. The lowest BCUT2D eigenvalue weighted by molar-refractivity contribution is 0.865. The Bertz CT molecular complexity index is 621. The Morgan fingerprint density at radius 1 is 0.762 bits per heavy atom. The minimum absolute atomic E-state index is 0.511. The molecule has 0 radical (unpaired) electrons. The maximum Gasteiger partial charge on any atom is 0.129 e. The molecule has 0 aliphatic heterocycles. The Morgan fingerprint density at radius 2 is 1.29 bits per heavy atom. The van der Waals surface area contributed by atoms with E-state index in [0.717, 1.165) is 21.1 Å². The van der Waals surface area contributed by atoms with Gasteiger partial charge in [-0.25, -0.2) is 9.97 Å². The summed E-state index contributed by atoms with van der Waals surface area (Å²) < 4.78 is 0. The predicted molar refractivity (Wildman–Crippen MR) is 95.6 cm³/mol. The van der Waals surface area contributed by atoms with Gasteiger partial charge < -0.3 is 0 Å². The van der Waals surface area contributed by atoms with Crippen LogP contribution in [0.25, 0.3) is 11.0 Å². The summed E-state index contributed by atoms with van der Waals surface area (Å²) >= 11 is 3.60. The average Bonchev–Trinajstić information content (AvgIpc) is 2.37. The zero-order valence-corrected chi connectivity index (χ0v) is 15.3. The van der Waals surface area contributed by atoms with Crippen LogP contribution in [0.2, 0.25) is 0 Å². The first-order valence-electron chi connectivity index (χ1n) is 7.51. The van der Waals surface area contributed by atoms with Crippen LogP contribution in [0.3, 0.4) is 0 Å². The molecule has 1 heterocycles. The van der Waals surface area contributed by atoms with Crippen LogP contribution in [0.15, 0.2) is 28.3 Å². The highest BCUT2D eigenvalue weighted by molar-refractivity contribution is 8.02. The number of hydrogen-bond donors (Lipinski definition) is 0. The fraction of sp³-hybridized carbons (Fsp3) is 0.529. The number of thioether (sulfide) groups is 2. The van der Waals surface area contributed by atoms with Gasteiger partial charge in [-0.15, -0.1) is 23.5 Å². The van der Waals surface area contributed by atoms with Crippen molar-refractivity contribution in [3.63, 3.8) is 0 Å². The molecule has 0 N–H and O–H groups in total. The lowest BCUT2D eigenvalue weighted by Gasteiger charge is -2.13. The summed E-state index contributed by atoms with van der Waals surface area (Å²) in [6.07, 6.45) is 0. The van der Waals surface area contributed by atoms with E-state index in [9.17, 15) is 0 Å². The van der Waals surface area contributed by atoms with Crippen LogP contribution in [0, 0.1) is 0 Å². The van der Waals surface area contributed by atoms with Crippen LogP contribution >= 0.6 is 23.5 Å². The van der Waals surface area contributed by atoms with Crippen LogP contribution in [0.4, 0.5) is 0 Å². The predicted octanol–water partition coefficient (Wildman–Crippen LogP) is 5.75. The molecule has 21 heavy (non-hydrogen) atoms. The van der Waals surface area contributed by atoms with Crippen LogP contribution in [0.1, 0.15) is 53.0 Å². The molecule has 0 aliphatic rings. The van der Waals surface area contributed by atoms with Crippen molar-refractivity contribution in [3.8, 4) is 0 Å². The normalized spacial score (nSPS) is 12.0. The Labute approximate surface area is 136 Å². The van der Waals surface area contributed by atoms with Crippen molar-refractivity contribution in [1.82, 2.24) is 9.97 Å². The summed E-state index contributed by atoms with van der Waals surface area (Å²) in [5.74, 6) is 0.516. The molecule has 1 aromatic carbocycles. The second kappa shape index (κ2) is 7.01. The molecule has 2 rings (SSSR count). The largest absolute Gasteiger partial charge is 0.237 e. The number of nitrogens with zero attached hydrogens (tertiary/aromatic N) is 2. The van der Waals surface area contributed by atoms with Crippen molar-refractivity contribution >= 4 is 34.6 Å². The van der Waals surface area contributed by atoms with E-state index in [2.05, 4.69) is 59.7 Å². The molecule has 1 aromatic heterocycles. The second-order valence-corrected chi connectivity index (χ2v) is 9.20. The Morgan fingerprint density at radius 3 is 1.76 bits per heavy atom. The zero-order valence-electron chi connectivity index (χ0n) is 13.7. The van der Waals surface area contributed by atoms with E-state index in [1.54, 1.807) is 23.5 Å². The molecular weight excluding hydrogens is 296 g/mol. The fourth-order valence-corrected chi connectivity index (χ4v) is 3.77. The Kier molecular flexibility index (Phi) is 5.55. The molecule has 0 atom stereocenters. The molecule has 0 aliphatic carbocycles.